The summed E-state index contributed by atoms with van der Waals surface area (Å²) in [6.07, 6.45) is 0. The van der Waals surface area contributed by atoms with Crippen molar-refractivity contribution in [3.63, 3.8) is 0 Å². The first-order valence-corrected chi connectivity index (χ1v) is 9.59. The van der Waals surface area contributed by atoms with E-state index >= 15 is 0 Å². The minimum atomic E-state index is -0.502. The lowest BCUT2D eigenvalue weighted by atomic mass is 10.1. The molecule has 1 aliphatic rings. The number of nitrogens with zero attached hydrogens (tertiary/aromatic N) is 5. The van der Waals surface area contributed by atoms with Crippen LogP contribution < -0.4 is 11.2 Å². The maximum absolute atomic E-state index is 12.9. The minimum absolute atomic E-state index is 0.0580. The summed E-state index contributed by atoms with van der Waals surface area (Å²) in [4.78, 5) is 57.6. The van der Waals surface area contributed by atoms with Gasteiger partial charge in [0.1, 0.15) is 11.3 Å². The van der Waals surface area contributed by atoms with Crippen LogP contribution >= 0.6 is 0 Å². The number of benzene rings is 1. The van der Waals surface area contributed by atoms with Crippen LogP contribution in [0.2, 0.25) is 0 Å². The number of hydrogen-bond acceptors (Lipinski definition) is 5. The fourth-order valence-electron chi connectivity index (χ4n) is 3.61. The van der Waals surface area contributed by atoms with Crippen LogP contribution in [0.5, 0.6) is 0 Å². The minimum Gasteiger partial charge on any atom is -0.335 e. The van der Waals surface area contributed by atoms with Gasteiger partial charge in [-0.25, -0.2) is 9.78 Å². The van der Waals surface area contributed by atoms with E-state index in [1.165, 1.54) is 30.8 Å². The number of carbonyl (C=O) groups is 2. The van der Waals surface area contributed by atoms with Crippen molar-refractivity contribution in [2.45, 2.75) is 0 Å². The molecule has 2 aromatic heterocycles. The molecule has 4 rings (SSSR count). The van der Waals surface area contributed by atoms with Crippen molar-refractivity contribution < 1.29 is 9.59 Å². The number of carbonyl (C=O) groups excluding carboxylic acids is 2. The van der Waals surface area contributed by atoms with Crippen LogP contribution in [0.1, 0.15) is 20.8 Å². The molecule has 3 heterocycles. The number of amides is 2. The number of fused-ring (bicyclic) bond motifs is 1. The third kappa shape index (κ3) is 3.28. The van der Waals surface area contributed by atoms with Crippen molar-refractivity contribution in [3.05, 3.63) is 74.6 Å². The van der Waals surface area contributed by atoms with Crippen molar-refractivity contribution in [2.75, 3.05) is 26.2 Å². The average Bonchev–Trinajstić information content (AvgIpc) is 2.80. The van der Waals surface area contributed by atoms with Gasteiger partial charge in [-0.2, -0.15) is 0 Å². The van der Waals surface area contributed by atoms with Crippen LogP contribution in [0, 0.1) is 0 Å². The fourth-order valence-corrected chi connectivity index (χ4v) is 3.61. The first-order chi connectivity index (χ1) is 14.4. The molecule has 0 aliphatic carbocycles. The Hall–Kier alpha value is -3.75. The summed E-state index contributed by atoms with van der Waals surface area (Å²) in [5.41, 5.74) is 0.00155. The topological polar surface area (TPSA) is 97.5 Å². The lowest BCUT2D eigenvalue weighted by molar-refractivity contribution is 0.0532. The number of aryl methyl sites for hydroxylation is 1. The highest BCUT2D eigenvalue weighted by molar-refractivity contribution is 5.96. The number of rotatable bonds is 2. The van der Waals surface area contributed by atoms with Crippen LogP contribution in [0.4, 0.5) is 0 Å². The molecular weight excluding hydrogens is 386 g/mol. The van der Waals surface area contributed by atoms with Gasteiger partial charge in [0, 0.05) is 45.8 Å². The van der Waals surface area contributed by atoms with Gasteiger partial charge in [0.15, 0.2) is 0 Å². The molecular formula is C21H21N5O4. The van der Waals surface area contributed by atoms with Gasteiger partial charge in [0.2, 0.25) is 0 Å². The van der Waals surface area contributed by atoms with Crippen LogP contribution in [-0.2, 0) is 14.1 Å². The number of hydrogen-bond donors (Lipinski definition) is 0. The normalized spacial score (nSPS) is 14.2. The molecule has 1 saturated heterocycles. The van der Waals surface area contributed by atoms with Gasteiger partial charge in [0.05, 0.1) is 5.39 Å². The van der Waals surface area contributed by atoms with Crippen molar-refractivity contribution in [1.29, 1.82) is 0 Å². The Morgan fingerprint density at radius 3 is 2.03 bits per heavy atom. The summed E-state index contributed by atoms with van der Waals surface area (Å²) in [6, 6.07) is 12.1. The average molecular weight is 407 g/mol. The van der Waals surface area contributed by atoms with Gasteiger partial charge in [0.25, 0.3) is 17.4 Å². The molecule has 0 atom stereocenters. The van der Waals surface area contributed by atoms with E-state index in [-0.39, 0.29) is 28.5 Å². The molecule has 0 unspecified atom stereocenters. The van der Waals surface area contributed by atoms with Gasteiger partial charge < -0.3 is 9.80 Å². The Morgan fingerprint density at radius 2 is 1.40 bits per heavy atom. The third-order valence-corrected chi connectivity index (χ3v) is 5.40. The van der Waals surface area contributed by atoms with Crippen LogP contribution in [0.15, 0.2) is 52.1 Å². The summed E-state index contributed by atoms with van der Waals surface area (Å²) < 4.78 is 2.26. The van der Waals surface area contributed by atoms with E-state index < -0.39 is 11.2 Å². The van der Waals surface area contributed by atoms with Gasteiger partial charge >= 0.3 is 5.69 Å². The van der Waals surface area contributed by atoms with Gasteiger partial charge in [-0.05, 0) is 24.3 Å². The van der Waals surface area contributed by atoms with E-state index in [1.807, 2.05) is 18.2 Å². The maximum atomic E-state index is 12.9. The van der Waals surface area contributed by atoms with E-state index in [0.29, 0.717) is 31.7 Å². The third-order valence-electron chi connectivity index (χ3n) is 5.40. The Morgan fingerprint density at radius 1 is 0.800 bits per heavy atom. The quantitative estimate of drug-likeness (QED) is 0.606. The molecule has 9 nitrogen and oxygen atoms in total. The fraction of sp³-hybridized carbons (Fsp3) is 0.286. The summed E-state index contributed by atoms with van der Waals surface area (Å²) in [5, 5.41) is 0.273. The SMILES string of the molecule is Cn1c(=O)c2ccc(C(=O)N3CCN(C(=O)c4ccccc4)CC3)nc2n(C)c1=O. The highest BCUT2D eigenvalue weighted by atomic mass is 16.2. The molecule has 0 bridgehead atoms. The predicted molar refractivity (Wildman–Crippen MR) is 110 cm³/mol. The molecule has 1 aromatic carbocycles. The Kier molecular flexibility index (Phi) is 4.94. The van der Waals surface area contributed by atoms with Crippen molar-refractivity contribution in [2.24, 2.45) is 14.1 Å². The maximum Gasteiger partial charge on any atom is 0.332 e. The highest BCUT2D eigenvalue weighted by Gasteiger charge is 2.26. The summed E-state index contributed by atoms with van der Waals surface area (Å²) in [5.74, 6) is -0.353. The van der Waals surface area contributed by atoms with Gasteiger partial charge in [-0.15, -0.1) is 0 Å². The first-order valence-electron chi connectivity index (χ1n) is 9.59. The van der Waals surface area contributed by atoms with E-state index in [4.69, 9.17) is 0 Å². The molecule has 1 aliphatic heterocycles. The summed E-state index contributed by atoms with van der Waals surface area (Å²) in [7, 11) is 2.92. The molecule has 9 heteroatoms. The van der Waals surface area contributed by atoms with E-state index in [1.54, 1.807) is 21.9 Å². The second-order valence-electron chi connectivity index (χ2n) is 7.22. The monoisotopic (exact) mass is 407 g/mol. The zero-order valence-corrected chi connectivity index (χ0v) is 16.7. The first kappa shape index (κ1) is 19.6. The molecule has 30 heavy (non-hydrogen) atoms. The van der Waals surface area contributed by atoms with Crippen molar-refractivity contribution in [1.82, 2.24) is 23.9 Å². The van der Waals surface area contributed by atoms with E-state index in [0.717, 1.165) is 4.57 Å². The standard InChI is InChI=1S/C21H21N5O4/c1-23-17-15(19(28)24(2)21(23)30)8-9-16(22-17)20(29)26-12-10-25(11-13-26)18(27)14-6-4-3-5-7-14/h3-9H,10-13H2,1-2H3. The molecule has 0 N–H and O–H groups in total. The largest absolute Gasteiger partial charge is 0.335 e. The molecule has 0 spiro atoms. The second kappa shape index (κ2) is 7.58. The highest BCUT2D eigenvalue weighted by Crippen LogP contribution is 2.13. The lowest BCUT2D eigenvalue weighted by Crippen LogP contribution is -2.50. The van der Waals surface area contributed by atoms with Crippen molar-refractivity contribution in [3.8, 4) is 0 Å². The summed E-state index contributed by atoms with van der Waals surface area (Å²) >= 11 is 0. The van der Waals surface area contributed by atoms with Crippen LogP contribution in [-0.4, -0.2) is 61.9 Å². The lowest BCUT2D eigenvalue weighted by Gasteiger charge is -2.34. The number of piperazine rings is 1. The smallest absolute Gasteiger partial charge is 0.332 e. The predicted octanol–water partition coefficient (Wildman–Crippen LogP) is 0.230. The Bertz CT molecular complexity index is 1250. The molecule has 154 valence electrons. The molecule has 3 aromatic rings. The number of aromatic nitrogens is 3. The zero-order chi connectivity index (χ0) is 21.4. The van der Waals surface area contributed by atoms with Crippen molar-refractivity contribution >= 4 is 22.8 Å². The molecule has 2 amide bonds. The summed E-state index contributed by atoms with van der Waals surface area (Å²) in [6.45, 7) is 1.61. The van der Waals surface area contributed by atoms with Crippen LogP contribution in [0.3, 0.4) is 0 Å². The molecule has 0 radical (unpaired) electrons. The Balaban J connectivity index is 1.53. The molecule has 0 saturated carbocycles. The second-order valence-corrected chi connectivity index (χ2v) is 7.22. The number of pyridine rings is 1. The van der Waals surface area contributed by atoms with Gasteiger partial charge in [-0.1, -0.05) is 18.2 Å². The van der Waals surface area contributed by atoms with Gasteiger partial charge in [-0.3, -0.25) is 23.5 Å². The van der Waals surface area contributed by atoms with E-state index in [9.17, 15) is 19.2 Å². The van der Waals surface area contributed by atoms with Crippen LogP contribution in [0.25, 0.3) is 11.0 Å². The van der Waals surface area contributed by atoms with E-state index in [2.05, 4.69) is 4.98 Å². The molecule has 1 fully saturated rings. The zero-order valence-electron chi connectivity index (χ0n) is 16.7. The Labute approximate surface area is 171 Å².